The molecule has 38 heavy (non-hydrogen) atoms. The molecule has 0 spiro atoms. The van der Waals surface area contributed by atoms with Crippen molar-refractivity contribution in [3.63, 3.8) is 0 Å². The van der Waals surface area contributed by atoms with E-state index in [-0.39, 0.29) is 24.4 Å². The molecule has 0 radical (unpaired) electrons. The lowest BCUT2D eigenvalue weighted by Gasteiger charge is -2.44. The van der Waals surface area contributed by atoms with Crippen molar-refractivity contribution in [1.82, 2.24) is 24.6 Å². The number of anilines is 1. The number of pyridine rings is 1. The minimum Gasteiger partial charge on any atom is -0.335 e. The molecule has 0 aliphatic carbocycles. The van der Waals surface area contributed by atoms with Crippen molar-refractivity contribution in [2.45, 2.75) is 77.7 Å². The van der Waals surface area contributed by atoms with Crippen LogP contribution in [0.4, 0.5) is 5.69 Å². The van der Waals surface area contributed by atoms with Gasteiger partial charge >= 0.3 is 0 Å². The van der Waals surface area contributed by atoms with Crippen molar-refractivity contribution in [1.29, 1.82) is 0 Å². The van der Waals surface area contributed by atoms with Crippen molar-refractivity contribution in [2.24, 2.45) is 0 Å². The number of hydrogen-bond acceptors (Lipinski definition) is 5. The molecule has 8 heteroatoms. The van der Waals surface area contributed by atoms with Crippen molar-refractivity contribution in [2.75, 3.05) is 18.0 Å². The lowest BCUT2D eigenvalue weighted by molar-refractivity contribution is -0.134. The van der Waals surface area contributed by atoms with Crippen LogP contribution in [0.15, 0.2) is 61.2 Å². The maximum absolute atomic E-state index is 13.8. The Labute approximate surface area is 225 Å². The summed E-state index contributed by atoms with van der Waals surface area (Å²) in [7, 11) is 0. The second-order valence-corrected chi connectivity index (χ2v) is 10.6. The van der Waals surface area contributed by atoms with Crippen LogP contribution in [0.1, 0.15) is 55.7 Å². The minimum absolute atomic E-state index is 0.0431. The first-order chi connectivity index (χ1) is 18.5. The molecule has 2 aliphatic rings. The lowest BCUT2D eigenvalue weighted by atomic mass is 9.92. The van der Waals surface area contributed by atoms with Crippen LogP contribution in [0, 0.1) is 6.92 Å². The second-order valence-electron chi connectivity index (χ2n) is 10.6. The molecule has 1 saturated heterocycles. The Balaban J connectivity index is 1.52. The molecule has 1 aromatic carbocycles. The molecule has 2 amide bonds. The third-order valence-corrected chi connectivity index (χ3v) is 7.90. The van der Waals surface area contributed by atoms with E-state index in [1.165, 1.54) is 5.56 Å². The average Bonchev–Trinajstić information content (AvgIpc) is 3.34. The minimum atomic E-state index is 0.0431. The van der Waals surface area contributed by atoms with Gasteiger partial charge in [-0.25, -0.2) is 0 Å². The zero-order valence-corrected chi connectivity index (χ0v) is 22.5. The molecule has 2 bridgehead atoms. The summed E-state index contributed by atoms with van der Waals surface area (Å²) in [6, 6.07) is 12.8. The number of piperidine rings is 1. The van der Waals surface area contributed by atoms with Gasteiger partial charge in [-0.2, -0.15) is 5.10 Å². The number of carbonyl (C=O) groups is 2. The number of hydrogen-bond donors (Lipinski definition) is 0. The van der Waals surface area contributed by atoms with Crippen LogP contribution in [-0.4, -0.2) is 61.6 Å². The number of rotatable bonds is 5. The third kappa shape index (κ3) is 5.96. The SMILES string of the molecule is CCC(=O)N1CCC2CCCC(CN(C(=O)Cn3cc(C)cn3)Cc3ccccc31)N2Cc1ccncc1. The summed E-state index contributed by atoms with van der Waals surface area (Å²) in [5.74, 6) is 0.163. The van der Waals surface area contributed by atoms with Gasteiger partial charge in [0.1, 0.15) is 6.54 Å². The number of amides is 2. The van der Waals surface area contributed by atoms with Gasteiger partial charge in [-0.1, -0.05) is 31.5 Å². The normalized spacial score (nSPS) is 20.5. The Morgan fingerprint density at radius 2 is 1.79 bits per heavy atom. The van der Waals surface area contributed by atoms with Crippen LogP contribution in [-0.2, 0) is 29.2 Å². The van der Waals surface area contributed by atoms with Crippen LogP contribution < -0.4 is 4.90 Å². The van der Waals surface area contributed by atoms with Crippen molar-refractivity contribution in [3.05, 3.63) is 77.9 Å². The summed E-state index contributed by atoms with van der Waals surface area (Å²) in [6.07, 6.45) is 12.0. The third-order valence-electron chi connectivity index (χ3n) is 7.90. The number of aryl methyl sites for hydroxylation is 1. The molecule has 2 aliphatic heterocycles. The van der Waals surface area contributed by atoms with Gasteiger partial charge in [0.2, 0.25) is 11.8 Å². The molecule has 2 atom stereocenters. The van der Waals surface area contributed by atoms with Gasteiger partial charge in [0.25, 0.3) is 0 Å². The van der Waals surface area contributed by atoms with E-state index in [9.17, 15) is 9.59 Å². The Morgan fingerprint density at radius 3 is 2.55 bits per heavy atom. The van der Waals surface area contributed by atoms with E-state index in [2.05, 4.69) is 33.2 Å². The highest BCUT2D eigenvalue weighted by atomic mass is 16.2. The average molecular weight is 515 g/mol. The fourth-order valence-corrected chi connectivity index (χ4v) is 5.95. The fourth-order valence-electron chi connectivity index (χ4n) is 5.95. The quantitative estimate of drug-likeness (QED) is 0.511. The predicted molar refractivity (Wildman–Crippen MR) is 147 cm³/mol. The Bertz CT molecular complexity index is 1240. The molecule has 5 rings (SSSR count). The summed E-state index contributed by atoms with van der Waals surface area (Å²) < 4.78 is 1.72. The van der Waals surface area contributed by atoms with E-state index in [4.69, 9.17) is 0 Å². The Kier molecular flexibility index (Phi) is 8.17. The van der Waals surface area contributed by atoms with E-state index in [0.717, 1.165) is 49.0 Å². The summed E-state index contributed by atoms with van der Waals surface area (Å²) in [6.45, 7) is 6.71. The number of aromatic nitrogens is 3. The summed E-state index contributed by atoms with van der Waals surface area (Å²) >= 11 is 0. The zero-order valence-electron chi connectivity index (χ0n) is 22.5. The maximum atomic E-state index is 13.8. The summed E-state index contributed by atoms with van der Waals surface area (Å²) in [5.41, 5.74) is 4.19. The number of nitrogens with zero attached hydrogens (tertiary/aromatic N) is 6. The topological polar surface area (TPSA) is 74.6 Å². The number of fused-ring (bicyclic) bond motifs is 3. The van der Waals surface area contributed by atoms with E-state index in [1.54, 1.807) is 10.9 Å². The number of para-hydroxylation sites is 1. The number of benzene rings is 1. The van der Waals surface area contributed by atoms with E-state index >= 15 is 0 Å². The van der Waals surface area contributed by atoms with Gasteiger partial charge in [0.05, 0.1) is 6.20 Å². The molecular formula is C30H38N6O2. The van der Waals surface area contributed by atoms with E-state index in [0.29, 0.717) is 32.1 Å². The first kappa shape index (κ1) is 26.1. The Hall–Kier alpha value is -3.52. The Morgan fingerprint density at radius 1 is 1.00 bits per heavy atom. The first-order valence-corrected chi connectivity index (χ1v) is 13.8. The van der Waals surface area contributed by atoms with Crippen LogP contribution in [0.25, 0.3) is 0 Å². The molecule has 200 valence electrons. The molecule has 2 unspecified atom stereocenters. The molecule has 0 saturated carbocycles. The summed E-state index contributed by atoms with van der Waals surface area (Å²) in [5, 5.41) is 4.36. The maximum Gasteiger partial charge on any atom is 0.244 e. The monoisotopic (exact) mass is 514 g/mol. The van der Waals surface area contributed by atoms with Crippen LogP contribution in [0.3, 0.4) is 0 Å². The van der Waals surface area contributed by atoms with Gasteiger partial charge < -0.3 is 9.80 Å². The van der Waals surface area contributed by atoms with E-state index in [1.807, 2.05) is 60.4 Å². The fraction of sp³-hybridized carbons (Fsp3) is 0.467. The zero-order chi connectivity index (χ0) is 26.5. The standard InChI is InChI=1S/C30H38N6O2/c1-3-29(37)35-16-13-26-8-6-9-27(36(26)19-24-11-14-31-15-12-24)21-33(20-25-7-4-5-10-28(25)35)30(38)22-34-18-23(2)17-32-34/h4-5,7,10-12,14-15,17-18,26-27H,3,6,8-9,13,16,19-22H2,1-2H3. The lowest BCUT2D eigenvalue weighted by Crippen LogP contribution is -2.52. The first-order valence-electron chi connectivity index (χ1n) is 13.8. The molecule has 4 heterocycles. The van der Waals surface area contributed by atoms with Gasteiger partial charge in [-0.05, 0) is 61.1 Å². The molecule has 3 aromatic rings. The molecular weight excluding hydrogens is 476 g/mol. The highest BCUT2D eigenvalue weighted by Gasteiger charge is 2.34. The van der Waals surface area contributed by atoms with Gasteiger partial charge in [0.15, 0.2) is 0 Å². The molecule has 2 aromatic heterocycles. The second kappa shape index (κ2) is 11.9. The smallest absolute Gasteiger partial charge is 0.244 e. The van der Waals surface area contributed by atoms with Crippen molar-refractivity contribution in [3.8, 4) is 0 Å². The van der Waals surface area contributed by atoms with Gasteiger partial charge in [-0.15, -0.1) is 0 Å². The summed E-state index contributed by atoms with van der Waals surface area (Å²) in [4.78, 5) is 37.7. The molecule has 1 fully saturated rings. The largest absolute Gasteiger partial charge is 0.335 e. The molecule has 8 nitrogen and oxygen atoms in total. The van der Waals surface area contributed by atoms with Crippen LogP contribution in [0.5, 0.6) is 0 Å². The van der Waals surface area contributed by atoms with Gasteiger partial charge in [0, 0.05) is 69.0 Å². The van der Waals surface area contributed by atoms with Crippen molar-refractivity contribution >= 4 is 17.5 Å². The van der Waals surface area contributed by atoms with Crippen LogP contribution in [0.2, 0.25) is 0 Å². The highest BCUT2D eigenvalue weighted by Crippen LogP contribution is 2.32. The van der Waals surface area contributed by atoms with Crippen LogP contribution >= 0.6 is 0 Å². The van der Waals surface area contributed by atoms with Crippen molar-refractivity contribution < 1.29 is 9.59 Å². The van der Waals surface area contributed by atoms with Gasteiger partial charge in [-0.3, -0.25) is 24.2 Å². The number of carbonyl (C=O) groups excluding carboxylic acids is 2. The van der Waals surface area contributed by atoms with E-state index < -0.39 is 0 Å². The molecule has 0 N–H and O–H groups in total. The predicted octanol–water partition coefficient (Wildman–Crippen LogP) is 4.19. The highest BCUT2D eigenvalue weighted by molar-refractivity contribution is 5.94.